The van der Waals surface area contributed by atoms with E-state index in [1.54, 1.807) is 6.07 Å². The zero-order valence-electron chi connectivity index (χ0n) is 20.1. The highest BCUT2D eigenvalue weighted by Crippen LogP contribution is 2.27. The number of amidine groups is 1. The lowest BCUT2D eigenvalue weighted by molar-refractivity contribution is -0.123. The van der Waals surface area contributed by atoms with Crippen molar-refractivity contribution in [1.82, 2.24) is 20.6 Å². The molecular formula is C27H29ClN6O2. The summed E-state index contributed by atoms with van der Waals surface area (Å²) >= 11 is 5.68. The lowest BCUT2D eigenvalue weighted by Gasteiger charge is -2.18. The zero-order valence-corrected chi connectivity index (χ0v) is 20.8. The summed E-state index contributed by atoms with van der Waals surface area (Å²) in [4.78, 5) is 38.3. The van der Waals surface area contributed by atoms with Gasteiger partial charge in [0.2, 0.25) is 5.91 Å². The SMILES string of the molecule is Cc1nc(C(=O)N[C@@H](CCCN=C(N)CCl)C(=O)NCc2ccccc2)cc2c1[nH]c1ccccc12. The van der Waals surface area contributed by atoms with Crippen molar-refractivity contribution in [2.45, 2.75) is 32.4 Å². The van der Waals surface area contributed by atoms with E-state index in [9.17, 15) is 9.59 Å². The highest BCUT2D eigenvalue weighted by atomic mass is 35.5. The quantitative estimate of drug-likeness (QED) is 0.113. The van der Waals surface area contributed by atoms with Crippen LogP contribution in [0.25, 0.3) is 21.8 Å². The largest absolute Gasteiger partial charge is 0.386 e. The van der Waals surface area contributed by atoms with Gasteiger partial charge in [0.05, 0.1) is 17.1 Å². The Labute approximate surface area is 214 Å². The van der Waals surface area contributed by atoms with E-state index >= 15 is 0 Å². The number of alkyl halides is 1. The van der Waals surface area contributed by atoms with Crippen LogP contribution >= 0.6 is 11.6 Å². The molecule has 0 aliphatic rings. The number of H-pyrrole nitrogens is 1. The van der Waals surface area contributed by atoms with Crippen LogP contribution in [-0.2, 0) is 11.3 Å². The molecule has 0 spiro atoms. The van der Waals surface area contributed by atoms with E-state index in [-0.39, 0.29) is 17.5 Å². The number of aromatic amines is 1. The summed E-state index contributed by atoms with van der Waals surface area (Å²) in [5.41, 5.74) is 9.47. The van der Waals surface area contributed by atoms with Crippen LogP contribution in [0.15, 0.2) is 65.7 Å². The van der Waals surface area contributed by atoms with Gasteiger partial charge in [0.25, 0.3) is 5.91 Å². The number of nitrogens with zero attached hydrogens (tertiary/aromatic N) is 2. The van der Waals surface area contributed by atoms with Crippen molar-refractivity contribution >= 4 is 51.1 Å². The van der Waals surface area contributed by atoms with Crippen LogP contribution in [0.3, 0.4) is 0 Å². The summed E-state index contributed by atoms with van der Waals surface area (Å²) < 4.78 is 0. The average Bonchev–Trinajstić information content (AvgIpc) is 3.28. The van der Waals surface area contributed by atoms with Crippen molar-refractivity contribution in [3.63, 3.8) is 0 Å². The van der Waals surface area contributed by atoms with Gasteiger partial charge < -0.3 is 21.4 Å². The molecule has 5 N–H and O–H groups in total. The van der Waals surface area contributed by atoms with Gasteiger partial charge >= 0.3 is 0 Å². The number of aliphatic imine (C=N–C) groups is 1. The Kier molecular flexibility index (Phi) is 8.17. The molecule has 2 amide bonds. The second kappa shape index (κ2) is 11.7. The Hall–Kier alpha value is -3.91. The van der Waals surface area contributed by atoms with Gasteiger partial charge in [-0.05, 0) is 37.5 Å². The second-order valence-corrected chi connectivity index (χ2v) is 8.83. The molecule has 4 aromatic rings. The number of amides is 2. The number of hydrogen-bond donors (Lipinski definition) is 4. The van der Waals surface area contributed by atoms with Crippen molar-refractivity contribution in [2.24, 2.45) is 10.7 Å². The van der Waals surface area contributed by atoms with E-state index in [2.05, 4.69) is 25.6 Å². The Balaban J connectivity index is 1.52. The smallest absolute Gasteiger partial charge is 0.270 e. The van der Waals surface area contributed by atoms with Gasteiger partial charge in [-0.15, -0.1) is 11.6 Å². The lowest BCUT2D eigenvalue weighted by atomic mass is 10.1. The lowest BCUT2D eigenvalue weighted by Crippen LogP contribution is -2.46. The number of nitrogens with one attached hydrogen (secondary N) is 3. The molecule has 8 nitrogen and oxygen atoms in total. The Morgan fingerprint density at radius 2 is 1.86 bits per heavy atom. The molecule has 0 saturated heterocycles. The van der Waals surface area contributed by atoms with Gasteiger partial charge in [-0.3, -0.25) is 14.6 Å². The topological polar surface area (TPSA) is 125 Å². The van der Waals surface area contributed by atoms with E-state index in [1.807, 2.05) is 61.5 Å². The number of carbonyl (C=O) groups is 2. The van der Waals surface area contributed by atoms with Gasteiger partial charge in [0, 0.05) is 29.4 Å². The van der Waals surface area contributed by atoms with Crippen LogP contribution in [0.1, 0.15) is 34.6 Å². The number of halogens is 1. The molecule has 0 unspecified atom stereocenters. The second-order valence-electron chi connectivity index (χ2n) is 8.56. The Morgan fingerprint density at radius 3 is 2.64 bits per heavy atom. The van der Waals surface area contributed by atoms with Crippen molar-refractivity contribution < 1.29 is 9.59 Å². The third-order valence-corrected chi connectivity index (χ3v) is 6.22. The summed E-state index contributed by atoms with van der Waals surface area (Å²) in [7, 11) is 0. The van der Waals surface area contributed by atoms with E-state index in [0.717, 1.165) is 27.4 Å². The molecule has 36 heavy (non-hydrogen) atoms. The molecule has 2 aromatic heterocycles. The fourth-order valence-electron chi connectivity index (χ4n) is 4.09. The van der Waals surface area contributed by atoms with Gasteiger partial charge in [0.1, 0.15) is 17.6 Å². The normalized spacial score (nSPS) is 12.6. The molecule has 0 saturated carbocycles. The third-order valence-electron chi connectivity index (χ3n) is 5.94. The maximum absolute atomic E-state index is 13.2. The Morgan fingerprint density at radius 1 is 1.11 bits per heavy atom. The molecule has 9 heteroatoms. The highest BCUT2D eigenvalue weighted by molar-refractivity contribution is 6.27. The van der Waals surface area contributed by atoms with Crippen LogP contribution < -0.4 is 16.4 Å². The fourth-order valence-corrected chi connectivity index (χ4v) is 4.17. The number of nitrogens with two attached hydrogens (primary N) is 1. The van der Waals surface area contributed by atoms with Gasteiger partial charge in [0.15, 0.2) is 0 Å². The van der Waals surface area contributed by atoms with Gasteiger partial charge in [-0.1, -0.05) is 48.5 Å². The summed E-state index contributed by atoms with van der Waals surface area (Å²) in [5.74, 6) is -0.184. The third kappa shape index (κ3) is 6.01. The molecule has 0 bridgehead atoms. The minimum atomic E-state index is -0.755. The summed E-state index contributed by atoms with van der Waals surface area (Å²) in [6.07, 6.45) is 0.939. The maximum atomic E-state index is 13.2. The number of aryl methyl sites for hydroxylation is 1. The van der Waals surface area contributed by atoms with Gasteiger partial charge in [-0.25, -0.2) is 4.98 Å². The van der Waals surface area contributed by atoms with Crippen LogP contribution in [0.2, 0.25) is 0 Å². The van der Waals surface area contributed by atoms with Crippen molar-refractivity contribution in [1.29, 1.82) is 0 Å². The molecule has 1 atom stereocenters. The summed E-state index contributed by atoms with van der Waals surface area (Å²) in [5, 5.41) is 7.72. The number of benzene rings is 2. The van der Waals surface area contributed by atoms with Crippen LogP contribution in [-0.4, -0.2) is 46.1 Å². The number of fused-ring (bicyclic) bond motifs is 3. The van der Waals surface area contributed by atoms with E-state index in [0.29, 0.717) is 37.5 Å². The van der Waals surface area contributed by atoms with E-state index in [4.69, 9.17) is 17.3 Å². The first kappa shape index (κ1) is 25.2. The average molecular weight is 505 g/mol. The predicted octanol–water partition coefficient (Wildman–Crippen LogP) is 3.82. The molecule has 2 aromatic carbocycles. The van der Waals surface area contributed by atoms with E-state index < -0.39 is 11.9 Å². The molecule has 4 rings (SSSR count). The maximum Gasteiger partial charge on any atom is 0.270 e. The number of hydrogen-bond acceptors (Lipinski definition) is 4. The predicted molar refractivity (Wildman–Crippen MR) is 144 cm³/mol. The molecule has 0 aliphatic heterocycles. The molecule has 0 fully saturated rings. The van der Waals surface area contributed by atoms with Crippen LogP contribution in [0.4, 0.5) is 0 Å². The van der Waals surface area contributed by atoms with Gasteiger partial charge in [-0.2, -0.15) is 0 Å². The number of para-hydroxylation sites is 1. The van der Waals surface area contributed by atoms with Crippen molar-refractivity contribution in [2.75, 3.05) is 12.4 Å². The number of pyridine rings is 1. The molecule has 2 heterocycles. The first-order chi connectivity index (χ1) is 17.5. The standard InChI is InChI=1S/C27H29ClN6O2/c1-17-25-20(19-10-5-6-11-21(19)33-25)14-23(32-17)27(36)34-22(12-7-13-30-24(29)15-28)26(35)31-16-18-8-3-2-4-9-18/h2-6,8-11,14,22,33H,7,12-13,15-16H2,1H3,(H2,29,30)(H,31,35)(H,34,36)/t22-/m0/s1. The molecule has 0 radical (unpaired) electrons. The summed E-state index contributed by atoms with van der Waals surface area (Å²) in [6.45, 7) is 2.63. The minimum absolute atomic E-state index is 0.152. The van der Waals surface area contributed by atoms with Crippen molar-refractivity contribution in [3.05, 3.63) is 77.6 Å². The first-order valence-corrected chi connectivity index (χ1v) is 12.3. The van der Waals surface area contributed by atoms with E-state index in [1.165, 1.54) is 0 Å². The minimum Gasteiger partial charge on any atom is -0.386 e. The number of carbonyl (C=O) groups excluding carboxylic acids is 2. The fraction of sp³-hybridized carbons (Fsp3) is 0.259. The zero-order chi connectivity index (χ0) is 25.5. The monoisotopic (exact) mass is 504 g/mol. The molecule has 186 valence electrons. The summed E-state index contributed by atoms with van der Waals surface area (Å²) in [6, 6.07) is 18.5. The van der Waals surface area contributed by atoms with Crippen LogP contribution in [0, 0.1) is 6.92 Å². The first-order valence-electron chi connectivity index (χ1n) is 11.8. The highest BCUT2D eigenvalue weighted by Gasteiger charge is 2.23. The Bertz CT molecular complexity index is 1400. The molecular weight excluding hydrogens is 476 g/mol. The van der Waals surface area contributed by atoms with Crippen molar-refractivity contribution in [3.8, 4) is 0 Å². The number of aromatic nitrogens is 2. The van der Waals surface area contributed by atoms with Crippen LogP contribution in [0.5, 0.6) is 0 Å². The number of rotatable bonds is 10. The molecule has 0 aliphatic carbocycles.